The fraction of sp³-hybridized carbons (Fsp3) is 0.0526. The van der Waals surface area contributed by atoms with Crippen LogP contribution in [-0.2, 0) is 10.0 Å². The van der Waals surface area contributed by atoms with Crippen LogP contribution in [0.25, 0.3) is 11.1 Å². The highest BCUT2D eigenvalue weighted by Crippen LogP contribution is 2.30. The van der Waals surface area contributed by atoms with Gasteiger partial charge >= 0.3 is 0 Å². The molecule has 7 heteroatoms. The van der Waals surface area contributed by atoms with Crippen molar-refractivity contribution in [1.82, 2.24) is 0 Å². The van der Waals surface area contributed by atoms with E-state index in [1.54, 1.807) is 60.7 Å². The Morgan fingerprint density at radius 3 is 2.12 bits per heavy atom. The molecule has 3 aromatic rings. The molecule has 0 amide bonds. The summed E-state index contributed by atoms with van der Waals surface area (Å²) in [4.78, 5) is 10.5. The number of nitro groups is 1. The molecule has 0 fully saturated rings. The molecule has 0 radical (unpaired) electrons. The highest BCUT2D eigenvalue weighted by atomic mass is 32.2. The number of sulfonamides is 1. The van der Waals surface area contributed by atoms with Gasteiger partial charge < -0.3 is 0 Å². The summed E-state index contributed by atoms with van der Waals surface area (Å²) >= 11 is 0. The van der Waals surface area contributed by atoms with E-state index >= 15 is 0 Å². The first-order chi connectivity index (χ1) is 12.4. The monoisotopic (exact) mass is 368 g/mol. The van der Waals surface area contributed by atoms with Gasteiger partial charge in [-0.05, 0) is 42.8 Å². The van der Waals surface area contributed by atoms with Crippen molar-refractivity contribution in [2.45, 2.75) is 11.8 Å². The number of hydrogen-bond acceptors (Lipinski definition) is 4. The lowest BCUT2D eigenvalue weighted by atomic mass is 10.0. The highest BCUT2D eigenvalue weighted by molar-refractivity contribution is 7.92. The molecule has 0 aromatic heterocycles. The van der Waals surface area contributed by atoms with Crippen molar-refractivity contribution in [3.05, 3.63) is 88.5 Å². The van der Waals surface area contributed by atoms with Crippen LogP contribution in [0.5, 0.6) is 0 Å². The summed E-state index contributed by atoms with van der Waals surface area (Å²) in [5.74, 6) is 0. The minimum Gasteiger partial charge on any atom is -0.279 e. The smallest absolute Gasteiger partial charge is 0.269 e. The highest BCUT2D eigenvalue weighted by Gasteiger charge is 2.16. The maximum atomic E-state index is 12.6. The lowest BCUT2D eigenvalue weighted by Gasteiger charge is -2.13. The van der Waals surface area contributed by atoms with Crippen LogP contribution in [0.15, 0.2) is 77.7 Å². The molecule has 0 spiro atoms. The molecule has 26 heavy (non-hydrogen) atoms. The predicted molar refractivity (Wildman–Crippen MR) is 101 cm³/mol. The molecule has 6 nitrogen and oxygen atoms in total. The zero-order chi connectivity index (χ0) is 18.7. The number of rotatable bonds is 5. The van der Waals surface area contributed by atoms with Crippen molar-refractivity contribution in [3.63, 3.8) is 0 Å². The number of anilines is 1. The number of nitro benzene ring substituents is 1. The second-order valence-electron chi connectivity index (χ2n) is 5.77. The normalized spacial score (nSPS) is 11.1. The molecular formula is C19H16N2O4S. The SMILES string of the molecule is Cc1ccc(S(=O)(=O)Nc2ccccc2-c2ccc([N+](=O)[O-])cc2)cc1. The van der Waals surface area contributed by atoms with Crippen molar-refractivity contribution in [1.29, 1.82) is 0 Å². The van der Waals surface area contributed by atoms with Gasteiger partial charge in [-0.15, -0.1) is 0 Å². The largest absolute Gasteiger partial charge is 0.279 e. The van der Waals surface area contributed by atoms with Gasteiger partial charge in [0.15, 0.2) is 0 Å². The molecule has 1 N–H and O–H groups in total. The Morgan fingerprint density at radius 1 is 0.885 bits per heavy atom. The van der Waals surface area contributed by atoms with Crippen LogP contribution >= 0.6 is 0 Å². The third-order valence-electron chi connectivity index (χ3n) is 3.89. The number of nitrogens with one attached hydrogen (secondary N) is 1. The van der Waals surface area contributed by atoms with Gasteiger partial charge in [-0.1, -0.05) is 35.9 Å². The summed E-state index contributed by atoms with van der Waals surface area (Å²) in [5.41, 5.74) is 2.67. The lowest BCUT2D eigenvalue weighted by molar-refractivity contribution is -0.384. The van der Waals surface area contributed by atoms with E-state index in [4.69, 9.17) is 0 Å². The Morgan fingerprint density at radius 2 is 1.50 bits per heavy atom. The number of hydrogen-bond donors (Lipinski definition) is 1. The standard InChI is InChI=1S/C19H16N2O4S/c1-14-6-12-17(13-7-14)26(24,25)20-19-5-3-2-4-18(19)15-8-10-16(11-9-15)21(22)23/h2-13,20H,1H3. The summed E-state index contributed by atoms with van der Waals surface area (Å²) in [5, 5.41) is 10.8. The van der Waals surface area contributed by atoms with E-state index in [9.17, 15) is 18.5 Å². The first-order valence-corrected chi connectivity index (χ1v) is 9.28. The molecule has 0 aliphatic heterocycles. The second kappa shape index (κ2) is 6.97. The van der Waals surface area contributed by atoms with Crippen LogP contribution in [0, 0.1) is 17.0 Å². The summed E-state index contributed by atoms with van der Waals surface area (Å²) < 4.78 is 27.9. The van der Waals surface area contributed by atoms with Crippen LogP contribution in [0.1, 0.15) is 5.56 Å². The summed E-state index contributed by atoms with van der Waals surface area (Å²) in [6, 6.07) is 19.4. The zero-order valence-corrected chi connectivity index (χ0v) is 14.7. The molecule has 0 aliphatic rings. The van der Waals surface area contributed by atoms with Gasteiger partial charge in [-0.25, -0.2) is 8.42 Å². The summed E-state index contributed by atoms with van der Waals surface area (Å²) in [7, 11) is -3.74. The van der Waals surface area contributed by atoms with Crippen molar-refractivity contribution < 1.29 is 13.3 Å². The third-order valence-corrected chi connectivity index (χ3v) is 5.27. The van der Waals surface area contributed by atoms with E-state index in [1.165, 1.54) is 12.1 Å². The van der Waals surface area contributed by atoms with E-state index in [2.05, 4.69) is 4.72 Å². The predicted octanol–water partition coefficient (Wildman–Crippen LogP) is 4.37. The maximum absolute atomic E-state index is 12.6. The van der Waals surface area contributed by atoms with Gasteiger partial charge in [0, 0.05) is 17.7 Å². The summed E-state index contributed by atoms with van der Waals surface area (Å²) in [6.07, 6.45) is 0. The minimum atomic E-state index is -3.74. The van der Waals surface area contributed by atoms with Crippen LogP contribution in [0.3, 0.4) is 0 Å². The Kier molecular flexibility index (Phi) is 4.73. The first kappa shape index (κ1) is 17.6. The van der Waals surface area contributed by atoms with E-state index in [0.29, 0.717) is 16.8 Å². The fourth-order valence-electron chi connectivity index (χ4n) is 2.51. The van der Waals surface area contributed by atoms with E-state index < -0.39 is 14.9 Å². The van der Waals surface area contributed by atoms with Crippen molar-refractivity contribution in [2.24, 2.45) is 0 Å². The molecule has 0 aliphatic carbocycles. The lowest BCUT2D eigenvalue weighted by Crippen LogP contribution is -2.13. The second-order valence-corrected chi connectivity index (χ2v) is 7.45. The molecule has 0 saturated heterocycles. The van der Waals surface area contributed by atoms with Crippen LogP contribution in [0.2, 0.25) is 0 Å². The average molecular weight is 368 g/mol. The Labute approximate surface area is 151 Å². The molecule has 132 valence electrons. The first-order valence-electron chi connectivity index (χ1n) is 7.80. The van der Waals surface area contributed by atoms with Gasteiger partial charge in [-0.2, -0.15) is 0 Å². The van der Waals surface area contributed by atoms with E-state index in [-0.39, 0.29) is 10.6 Å². The Bertz CT molecular complexity index is 1040. The quantitative estimate of drug-likeness (QED) is 0.535. The van der Waals surface area contributed by atoms with Gasteiger partial charge in [0.05, 0.1) is 15.5 Å². The molecule has 0 unspecified atom stereocenters. The van der Waals surface area contributed by atoms with Gasteiger partial charge in [0.1, 0.15) is 0 Å². The number of nitrogens with zero attached hydrogens (tertiary/aromatic N) is 1. The molecule has 0 bridgehead atoms. The third kappa shape index (κ3) is 3.73. The van der Waals surface area contributed by atoms with Crippen LogP contribution in [-0.4, -0.2) is 13.3 Å². The number of para-hydroxylation sites is 1. The van der Waals surface area contributed by atoms with Crippen molar-refractivity contribution in [3.8, 4) is 11.1 Å². The molecule has 3 rings (SSSR count). The Balaban J connectivity index is 1.97. The van der Waals surface area contributed by atoms with Crippen molar-refractivity contribution in [2.75, 3.05) is 4.72 Å². The van der Waals surface area contributed by atoms with E-state index in [1.807, 2.05) is 6.92 Å². The Hall–Kier alpha value is -3.19. The fourth-order valence-corrected chi connectivity index (χ4v) is 3.59. The van der Waals surface area contributed by atoms with E-state index in [0.717, 1.165) is 5.56 Å². The molecule has 3 aromatic carbocycles. The summed E-state index contributed by atoms with van der Waals surface area (Å²) in [6.45, 7) is 1.88. The molecule has 0 saturated carbocycles. The van der Waals surface area contributed by atoms with Crippen LogP contribution in [0.4, 0.5) is 11.4 Å². The number of aryl methyl sites for hydroxylation is 1. The molecule has 0 atom stereocenters. The van der Waals surface area contributed by atoms with Gasteiger partial charge in [0.25, 0.3) is 15.7 Å². The number of non-ortho nitro benzene ring substituents is 1. The maximum Gasteiger partial charge on any atom is 0.269 e. The van der Waals surface area contributed by atoms with Crippen molar-refractivity contribution >= 4 is 21.4 Å². The van der Waals surface area contributed by atoms with Crippen LogP contribution < -0.4 is 4.72 Å². The molecule has 0 heterocycles. The minimum absolute atomic E-state index is 0.0218. The average Bonchev–Trinajstić information content (AvgIpc) is 2.62. The zero-order valence-electron chi connectivity index (χ0n) is 13.9. The van der Waals surface area contributed by atoms with Gasteiger partial charge in [-0.3, -0.25) is 14.8 Å². The van der Waals surface area contributed by atoms with Gasteiger partial charge in [0.2, 0.25) is 0 Å². The topological polar surface area (TPSA) is 89.3 Å². The molecular weight excluding hydrogens is 352 g/mol. The number of benzene rings is 3.